The van der Waals surface area contributed by atoms with Crippen LogP contribution in [0.3, 0.4) is 0 Å². The van der Waals surface area contributed by atoms with Crippen molar-refractivity contribution in [3.05, 3.63) is 58.4 Å². The van der Waals surface area contributed by atoms with Crippen molar-refractivity contribution in [3.8, 4) is 0 Å². The fraction of sp³-hybridized carbons (Fsp3) is 0.176. The van der Waals surface area contributed by atoms with E-state index in [4.69, 9.17) is 11.6 Å². The van der Waals surface area contributed by atoms with Crippen molar-refractivity contribution in [1.29, 1.82) is 0 Å². The molecular formula is C17H16ClN3. The number of hydrogen-bond acceptors (Lipinski definition) is 3. The Kier molecular flexibility index (Phi) is 3.52. The highest BCUT2D eigenvalue weighted by molar-refractivity contribution is 6.28. The molecule has 0 saturated heterocycles. The molecule has 0 radical (unpaired) electrons. The Bertz CT molecular complexity index is 804. The lowest BCUT2D eigenvalue weighted by molar-refractivity contribution is 1.21. The smallest absolute Gasteiger partial charge is 0.224 e. The molecule has 0 aliphatic heterocycles. The summed E-state index contributed by atoms with van der Waals surface area (Å²) in [6, 6.07) is 12.1. The van der Waals surface area contributed by atoms with Gasteiger partial charge in [-0.05, 0) is 55.6 Å². The van der Waals surface area contributed by atoms with Gasteiger partial charge in [0, 0.05) is 11.1 Å². The van der Waals surface area contributed by atoms with Gasteiger partial charge in [-0.2, -0.15) is 4.98 Å². The highest BCUT2D eigenvalue weighted by Gasteiger charge is 2.10. The fourth-order valence-electron chi connectivity index (χ4n) is 2.64. The van der Waals surface area contributed by atoms with Gasteiger partial charge in [0.1, 0.15) is 5.82 Å². The molecule has 0 fully saturated rings. The molecule has 0 saturated carbocycles. The summed E-state index contributed by atoms with van der Waals surface area (Å²) in [5, 5.41) is 4.62. The third-order valence-electron chi connectivity index (χ3n) is 3.50. The second-order valence-electron chi connectivity index (χ2n) is 5.26. The number of nitrogens with zero attached hydrogens (tertiary/aromatic N) is 2. The molecule has 1 heterocycles. The molecule has 3 nitrogen and oxygen atoms in total. The Balaban J connectivity index is 2.15. The molecule has 0 aliphatic carbocycles. The van der Waals surface area contributed by atoms with E-state index in [0.29, 0.717) is 0 Å². The van der Waals surface area contributed by atoms with Crippen molar-refractivity contribution < 1.29 is 0 Å². The maximum atomic E-state index is 6.03. The van der Waals surface area contributed by atoms with Crippen LogP contribution in [0.5, 0.6) is 0 Å². The second kappa shape index (κ2) is 5.34. The SMILES string of the molecule is Cc1cc(C)c(Nc2nc(Cl)nc3ccccc23)c(C)c1. The van der Waals surface area contributed by atoms with Gasteiger partial charge in [0.05, 0.1) is 5.52 Å². The summed E-state index contributed by atoms with van der Waals surface area (Å²) >= 11 is 6.03. The van der Waals surface area contributed by atoms with Crippen molar-refractivity contribution in [2.24, 2.45) is 0 Å². The number of para-hydroxylation sites is 1. The van der Waals surface area contributed by atoms with Gasteiger partial charge in [0.2, 0.25) is 5.28 Å². The van der Waals surface area contributed by atoms with E-state index in [9.17, 15) is 0 Å². The summed E-state index contributed by atoms with van der Waals surface area (Å²) in [7, 11) is 0. The minimum Gasteiger partial charge on any atom is -0.339 e. The van der Waals surface area contributed by atoms with Crippen LogP contribution in [0, 0.1) is 20.8 Å². The number of rotatable bonds is 2. The number of benzene rings is 2. The van der Waals surface area contributed by atoms with Crippen molar-refractivity contribution in [3.63, 3.8) is 0 Å². The summed E-state index contributed by atoms with van der Waals surface area (Å²) in [5.41, 5.74) is 5.53. The van der Waals surface area contributed by atoms with E-state index in [2.05, 4.69) is 48.2 Å². The summed E-state index contributed by atoms with van der Waals surface area (Å²) < 4.78 is 0. The maximum Gasteiger partial charge on any atom is 0.224 e. The van der Waals surface area contributed by atoms with Crippen LogP contribution in [0.4, 0.5) is 11.5 Å². The minimum absolute atomic E-state index is 0.249. The molecule has 0 atom stereocenters. The lowest BCUT2D eigenvalue weighted by atomic mass is 10.0. The summed E-state index contributed by atoms with van der Waals surface area (Å²) in [6.07, 6.45) is 0. The Morgan fingerprint density at radius 3 is 2.33 bits per heavy atom. The minimum atomic E-state index is 0.249. The Labute approximate surface area is 129 Å². The van der Waals surface area contributed by atoms with Crippen molar-refractivity contribution >= 4 is 34.0 Å². The molecule has 0 bridgehead atoms. The average Bonchev–Trinajstić information content (AvgIpc) is 2.42. The molecule has 3 rings (SSSR count). The van der Waals surface area contributed by atoms with Crippen LogP contribution >= 0.6 is 11.6 Å². The van der Waals surface area contributed by atoms with Crippen LogP contribution in [0.15, 0.2) is 36.4 Å². The van der Waals surface area contributed by atoms with Gasteiger partial charge in [-0.1, -0.05) is 29.8 Å². The largest absolute Gasteiger partial charge is 0.339 e. The normalized spacial score (nSPS) is 10.9. The van der Waals surface area contributed by atoms with Crippen LogP contribution in [0.1, 0.15) is 16.7 Å². The summed E-state index contributed by atoms with van der Waals surface area (Å²) in [5.74, 6) is 0.737. The first-order valence-electron chi connectivity index (χ1n) is 6.82. The van der Waals surface area contributed by atoms with Gasteiger partial charge >= 0.3 is 0 Å². The van der Waals surface area contributed by atoms with Crippen molar-refractivity contribution in [1.82, 2.24) is 9.97 Å². The molecule has 0 aliphatic rings. The number of aromatic nitrogens is 2. The van der Waals surface area contributed by atoms with Crippen LogP contribution in [-0.4, -0.2) is 9.97 Å². The lowest BCUT2D eigenvalue weighted by Gasteiger charge is -2.14. The first-order valence-corrected chi connectivity index (χ1v) is 7.19. The molecule has 0 amide bonds. The van der Waals surface area contributed by atoms with Gasteiger partial charge in [-0.15, -0.1) is 0 Å². The molecule has 3 aromatic rings. The van der Waals surface area contributed by atoms with Crippen LogP contribution in [-0.2, 0) is 0 Å². The quantitative estimate of drug-likeness (QED) is 0.680. The number of hydrogen-bond donors (Lipinski definition) is 1. The topological polar surface area (TPSA) is 37.8 Å². The first kappa shape index (κ1) is 13.8. The third-order valence-corrected chi connectivity index (χ3v) is 3.67. The highest BCUT2D eigenvalue weighted by atomic mass is 35.5. The molecule has 0 unspecified atom stereocenters. The molecule has 21 heavy (non-hydrogen) atoms. The number of aryl methyl sites for hydroxylation is 3. The number of nitrogens with one attached hydrogen (secondary N) is 1. The van der Waals surface area contributed by atoms with E-state index in [-0.39, 0.29) is 5.28 Å². The zero-order valence-corrected chi connectivity index (χ0v) is 13.0. The van der Waals surface area contributed by atoms with Gasteiger partial charge in [0.15, 0.2) is 0 Å². The molecule has 4 heteroatoms. The van der Waals surface area contributed by atoms with Crippen LogP contribution in [0.25, 0.3) is 10.9 Å². The van der Waals surface area contributed by atoms with E-state index < -0.39 is 0 Å². The predicted molar refractivity (Wildman–Crippen MR) is 88.5 cm³/mol. The van der Waals surface area contributed by atoms with E-state index in [0.717, 1.165) is 22.4 Å². The maximum absolute atomic E-state index is 6.03. The molecule has 1 aromatic heterocycles. The molecule has 0 spiro atoms. The average molecular weight is 298 g/mol. The summed E-state index contributed by atoms with van der Waals surface area (Å²) in [6.45, 7) is 6.28. The number of anilines is 2. The highest BCUT2D eigenvalue weighted by Crippen LogP contribution is 2.29. The van der Waals surface area contributed by atoms with E-state index >= 15 is 0 Å². The van der Waals surface area contributed by atoms with Crippen LogP contribution < -0.4 is 5.32 Å². The first-order chi connectivity index (χ1) is 10.0. The van der Waals surface area contributed by atoms with Gasteiger partial charge in [-0.25, -0.2) is 4.98 Å². The monoisotopic (exact) mass is 297 g/mol. The number of halogens is 1. The van der Waals surface area contributed by atoms with Crippen molar-refractivity contribution in [2.45, 2.75) is 20.8 Å². The van der Waals surface area contributed by atoms with Gasteiger partial charge in [0.25, 0.3) is 0 Å². The zero-order valence-electron chi connectivity index (χ0n) is 12.2. The van der Waals surface area contributed by atoms with Crippen LogP contribution in [0.2, 0.25) is 5.28 Å². The molecule has 106 valence electrons. The van der Waals surface area contributed by atoms with Crippen molar-refractivity contribution in [2.75, 3.05) is 5.32 Å². The van der Waals surface area contributed by atoms with Gasteiger partial charge in [-0.3, -0.25) is 0 Å². The number of fused-ring (bicyclic) bond motifs is 1. The van der Waals surface area contributed by atoms with E-state index in [1.807, 2.05) is 24.3 Å². The Morgan fingerprint density at radius 1 is 0.952 bits per heavy atom. The molecule has 1 N–H and O–H groups in total. The second-order valence-corrected chi connectivity index (χ2v) is 5.60. The molecule has 2 aromatic carbocycles. The third kappa shape index (κ3) is 2.69. The Hall–Kier alpha value is -2.13. The fourth-order valence-corrected chi connectivity index (χ4v) is 2.81. The van der Waals surface area contributed by atoms with E-state index in [1.165, 1.54) is 16.7 Å². The standard InChI is InChI=1S/C17H16ClN3/c1-10-8-11(2)15(12(3)9-10)20-16-13-6-4-5-7-14(13)19-17(18)21-16/h4-9H,1-3H3,(H,19,20,21). The Morgan fingerprint density at radius 2 is 1.62 bits per heavy atom. The zero-order chi connectivity index (χ0) is 15.0. The molecular weight excluding hydrogens is 282 g/mol. The van der Waals surface area contributed by atoms with E-state index in [1.54, 1.807) is 0 Å². The summed E-state index contributed by atoms with van der Waals surface area (Å²) in [4.78, 5) is 8.60. The predicted octanol–water partition coefficient (Wildman–Crippen LogP) is 4.95. The lowest BCUT2D eigenvalue weighted by Crippen LogP contribution is -2.01. The van der Waals surface area contributed by atoms with Gasteiger partial charge < -0.3 is 5.32 Å².